The molecule has 0 spiro atoms. The zero-order valence-corrected chi connectivity index (χ0v) is 25.6. The number of aliphatic hydroxyl groups excluding tert-OH is 3. The number of hydrogen-bond acceptors (Lipinski definition) is 4. The Kier molecular flexibility index (Phi) is 7.19. The van der Waals surface area contributed by atoms with E-state index in [9.17, 15) is 20.1 Å². The normalized spacial score (nSPS) is 49.7. The van der Waals surface area contributed by atoms with E-state index in [2.05, 4.69) is 59.9 Å². The first kappa shape index (κ1) is 29.2. The van der Waals surface area contributed by atoms with E-state index in [-0.39, 0.29) is 45.5 Å². The number of carbonyl (C=O) groups excluding carboxylic acids is 1. The summed E-state index contributed by atoms with van der Waals surface area (Å²) in [6.45, 7) is 17.4. The predicted octanol–water partition coefficient (Wildman–Crippen LogP) is 6.56. The number of hydrogen-bond donors (Lipinski definition) is 4. The lowest BCUT2D eigenvalue weighted by Crippen LogP contribution is -2.66. The van der Waals surface area contributed by atoms with Crippen LogP contribution in [0.3, 0.4) is 0 Å². The summed E-state index contributed by atoms with van der Waals surface area (Å²) in [5.41, 5.74) is 1.84. The van der Waals surface area contributed by atoms with E-state index >= 15 is 0 Å². The Balaban J connectivity index is 1.58. The molecule has 0 heterocycles. The molecule has 4 N–H and O–H groups in total. The number of allylic oxidation sites excluding steroid dienone is 2. The van der Waals surface area contributed by atoms with Crippen molar-refractivity contribution in [3.63, 3.8) is 0 Å². The van der Waals surface area contributed by atoms with Crippen LogP contribution in [0.1, 0.15) is 106 Å². The van der Waals surface area contributed by atoms with Crippen LogP contribution in [0.5, 0.6) is 0 Å². The summed E-state index contributed by atoms with van der Waals surface area (Å²) in [6.07, 6.45) is 11.8. The fourth-order valence-corrected chi connectivity index (χ4v) is 11.5. The maximum absolute atomic E-state index is 14.0. The third-order valence-corrected chi connectivity index (χ3v) is 14.0. The molecular formula is C34H55NO4. The lowest BCUT2D eigenvalue weighted by Gasteiger charge is -2.71. The van der Waals surface area contributed by atoms with Crippen molar-refractivity contribution < 1.29 is 20.1 Å². The Bertz CT molecular complexity index is 1050. The maximum atomic E-state index is 14.0. The molecule has 10 atom stereocenters. The Labute approximate surface area is 236 Å². The number of aliphatic hydroxyl groups is 3. The standard InChI is InChI=1S/C34H55NO4/c1-21-11-14-34(29(39)35-17-8-18-36)16-15-32(6)24(27(34)22(21)2)9-10-26-31(5)19-23(20-37)28(38)30(3,4)25(31)12-13-33(26,32)7/h9,20-22,25-28,36-38H,8,10-19H2,1-7H3,(H,35,39)/b23-20+/t21-,22+,25+,26-,27+,28?,31+,32-,33-,34+/m1/s1. The lowest BCUT2D eigenvalue weighted by molar-refractivity contribution is -0.192. The van der Waals surface area contributed by atoms with Gasteiger partial charge in [0.1, 0.15) is 0 Å². The highest BCUT2D eigenvalue weighted by Crippen LogP contribution is 2.76. The minimum Gasteiger partial charge on any atom is -0.516 e. The highest BCUT2D eigenvalue weighted by Gasteiger charge is 2.69. The second-order valence-corrected chi connectivity index (χ2v) is 15.7. The topological polar surface area (TPSA) is 89.8 Å². The molecule has 0 aromatic carbocycles. The molecule has 220 valence electrons. The number of carbonyl (C=O) groups is 1. The molecule has 1 unspecified atom stereocenters. The molecule has 39 heavy (non-hydrogen) atoms. The van der Waals surface area contributed by atoms with Gasteiger partial charge in [-0.25, -0.2) is 0 Å². The van der Waals surface area contributed by atoms with Crippen LogP contribution in [0.25, 0.3) is 0 Å². The number of fused-ring (bicyclic) bond motifs is 7. The molecule has 5 nitrogen and oxygen atoms in total. The Hall–Kier alpha value is -1.33. The molecule has 4 fully saturated rings. The van der Waals surface area contributed by atoms with Crippen molar-refractivity contribution in [1.29, 1.82) is 0 Å². The molecule has 0 aromatic rings. The van der Waals surface area contributed by atoms with Gasteiger partial charge in [0, 0.05) is 13.2 Å². The van der Waals surface area contributed by atoms with Crippen molar-refractivity contribution >= 4 is 5.91 Å². The van der Waals surface area contributed by atoms with Gasteiger partial charge in [-0.15, -0.1) is 0 Å². The van der Waals surface area contributed by atoms with Crippen LogP contribution in [0, 0.1) is 56.7 Å². The van der Waals surface area contributed by atoms with Crippen LogP contribution >= 0.6 is 0 Å². The fraction of sp³-hybridized carbons (Fsp3) is 0.853. The van der Waals surface area contributed by atoms with Crippen molar-refractivity contribution in [3.05, 3.63) is 23.5 Å². The number of rotatable bonds is 4. The molecule has 1 amide bonds. The molecule has 5 rings (SSSR count). The highest BCUT2D eigenvalue weighted by molar-refractivity contribution is 5.84. The maximum Gasteiger partial charge on any atom is 0.226 e. The third kappa shape index (κ3) is 3.80. The number of amides is 1. The highest BCUT2D eigenvalue weighted by atomic mass is 16.3. The average molecular weight is 542 g/mol. The van der Waals surface area contributed by atoms with Gasteiger partial charge in [-0.2, -0.15) is 0 Å². The quantitative estimate of drug-likeness (QED) is 0.184. The molecule has 0 radical (unpaired) electrons. The zero-order valence-electron chi connectivity index (χ0n) is 25.6. The van der Waals surface area contributed by atoms with Crippen LogP contribution in [-0.2, 0) is 4.79 Å². The summed E-state index contributed by atoms with van der Waals surface area (Å²) < 4.78 is 0. The number of nitrogens with one attached hydrogen (secondary N) is 1. The van der Waals surface area contributed by atoms with E-state index in [0.717, 1.165) is 56.9 Å². The minimum absolute atomic E-state index is 0.00297. The molecular weight excluding hydrogens is 486 g/mol. The van der Waals surface area contributed by atoms with E-state index in [0.29, 0.717) is 36.6 Å². The first-order valence-corrected chi connectivity index (χ1v) is 15.9. The van der Waals surface area contributed by atoms with Gasteiger partial charge < -0.3 is 20.6 Å². The van der Waals surface area contributed by atoms with Gasteiger partial charge >= 0.3 is 0 Å². The third-order valence-electron chi connectivity index (χ3n) is 14.0. The van der Waals surface area contributed by atoms with E-state index in [1.807, 2.05) is 0 Å². The summed E-state index contributed by atoms with van der Waals surface area (Å²) >= 11 is 0. The summed E-state index contributed by atoms with van der Waals surface area (Å²) in [6, 6.07) is 0. The zero-order chi connectivity index (χ0) is 28.6. The van der Waals surface area contributed by atoms with Crippen molar-refractivity contribution in [3.8, 4) is 0 Å². The first-order valence-electron chi connectivity index (χ1n) is 15.9. The van der Waals surface area contributed by atoms with Crippen LogP contribution in [0.15, 0.2) is 23.5 Å². The monoisotopic (exact) mass is 541 g/mol. The minimum atomic E-state index is -0.598. The Morgan fingerprint density at radius 1 is 1.05 bits per heavy atom. The van der Waals surface area contributed by atoms with E-state index in [1.165, 1.54) is 6.26 Å². The van der Waals surface area contributed by atoms with Gasteiger partial charge in [0.15, 0.2) is 0 Å². The van der Waals surface area contributed by atoms with Gasteiger partial charge in [-0.05, 0) is 115 Å². The summed E-state index contributed by atoms with van der Waals surface area (Å²) in [4.78, 5) is 14.0. The summed E-state index contributed by atoms with van der Waals surface area (Å²) in [5, 5.41) is 33.9. The summed E-state index contributed by atoms with van der Waals surface area (Å²) in [5.74, 6) is 2.37. The van der Waals surface area contributed by atoms with E-state index in [1.54, 1.807) is 5.57 Å². The molecule has 4 saturated carbocycles. The smallest absolute Gasteiger partial charge is 0.226 e. The molecule has 5 heteroatoms. The molecule has 5 aliphatic rings. The van der Waals surface area contributed by atoms with Gasteiger partial charge in [0.2, 0.25) is 5.91 Å². The van der Waals surface area contributed by atoms with Crippen LogP contribution in [0.2, 0.25) is 0 Å². The molecule has 5 aliphatic carbocycles. The average Bonchev–Trinajstić information content (AvgIpc) is 2.88. The van der Waals surface area contributed by atoms with Crippen molar-refractivity contribution in [2.24, 2.45) is 56.7 Å². The fourth-order valence-electron chi connectivity index (χ4n) is 11.5. The van der Waals surface area contributed by atoms with Crippen molar-refractivity contribution in [1.82, 2.24) is 5.32 Å². The molecule has 0 aliphatic heterocycles. The van der Waals surface area contributed by atoms with Gasteiger partial charge in [0.05, 0.1) is 17.8 Å². The van der Waals surface area contributed by atoms with Gasteiger partial charge in [-0.1, -0.05) is 60.1 Å². The largest absolute Gasteiger partial charge is 0.516 e. The van der Waals surface area contributed by atoms with Crippen LogP contribution in [0.4, 0.5) is 0 Å². The SMILES string of the molecule is C[C@H]1[C@H](C)CC[C@]2(C(=O)NCCCO)CC[C@]3(C)C(=CC[C@@H]4[C@@]5(C)C/C(=C\O)C(O)C(C)(C)[C@@H]5CC[C@]43C)[C@H]12. The summed E-state index contributed by atoms with van der Waals surface area (Å²) in [7, 11) is 0. The Morgan fingerprint density at radius 2 is 1.77 bits per heavy atom. The predicted molar refractivity (Wildman–Crippen MR) is 156 cm³/mol. The van der Waals surface area contributed by atoms with Crippen LogP contribution in [-0.4, -0.2) is 40.5 Å². The molecule has 0 saturated heterocycles. The Morgan fingerprint density at radius 3 is 2.44 bits per heavy atom. The molecule has 0 bridgehead atoms. The van der Waals surface area contributed by atoms with Gasteiger partial charge in [0.25, 0.3) is 0 Å². The molecule has 0 aromatic heterocycles. The second kappa shape index (κ2) is 9.61. The van der Waals surface area contributed by atoms with Crippen LogP contribution < -0.4 is 5.32 Å². The lowest BCUT2D eigenvalue weighted by atomic mass is 9.33. The van der Waals surface area contributed by atoms with E-state index in [4.69, 9.17) is 0 Å². The van der Waals surface area contributed by atoms with Crippen molar-refractivity contribution in [2.45, 2.75) is 112 Å². The van der Waals surface area contributed by atoms with Crippen molar-refractivity contribution in [2.75, 3.05) is 13.2 Å². The van der Waals surface area contributed by atoms with Gasteiger partial charge in [-0.3, -0.25) is 4.79 Å². The second-order valence-electron chi connectivity index (χ2n) is 15.7. The van der Waals surface area contributed by atoms with E-state index < -0.39 is 6.10 Å². The first-order chi connectivity index (χ1) is 18.2.